The number of carbonyl (C=O) groups excluding carboxylic acids is 1. The third-order valence-corrected chi connectivity index (χ3v) is 2.90. The van der Waals surface area contributed by atoms with Gasteiger partial charge in [0.1, 0.15) is 10.8 Å². The van der Waals surface area contributed by atoms with Crippen LogP contribution in [0.3, 0.4) is 0 Å². The fraction of sp³-hybridized carbons (Fsp3) is 0.200. The van der Waals surface area contributed by atoms with Gasteiger partial charge in [-0.1, -0.05) is 11.6 Å². The molecular formula is C10H9ClN4OS. The van der Waals surface area contributed by atoms with Crippen molar-refractivity contribution in [3.63, 3.8) is 0 Å². The van der Waals surface area contributed by atoms with E-state index in [0.29, 0.717) is 6.54 Å². The number of aromatic nitrogens is 3. The van der Waals surface area contributed by atoms with Crippen molar-refractivity contribution in [3.05, 3.63) is 39.8 Å². The lowest BCUT2D eigenvalue weighted by Crippen LogP contribution is -2.27. The van der Waals surface area contributed by atoms with Gasteiger partial charge in [0.05, 0.1) is 30.1 Å². The monoisotopic (exact) mass is 268 g/mol. The van der Waals surface area contributed by atoms with Gasteiger partial charge >= 0.3 is 0 Å². The van der Waals surface area contributed by atoms with Crippen molar-refractivity contribution in [2.45, 2.75) is 6.54 Å². The molecule has 0 N–H and O–H groups in total. The Morgan fingerprint density at radius 2 is 2.24 bits per heavy atom. The normalized spacial score (nSPS) is 10.2. The van der Waals surface area contributed by atoms with E-state index in [1.807, 2.05) is 5.38 Å². The van der Waals surface area contributed by atoms with Crippen LogP contribution in [0, 0.1) is 0 Å². The van der Waals surface area contributed by atoms with E-state index in [0.717, 1.165) is 5.69 Å². The van der Waals surface area contributed by atoms with Crippen LogP contribution in [-0.4, -0.2) is 32.8 Å². The smallest absolute Gasteiger partial charge is 0.274 e. The van der Waals surface area contributed by atoms with Crippen LogP contribution in [0.25, 0.3) is 0 Å². The largest absolute Gasteiger partial charge is 0.334 e. The Bertz CT molecular complexity index is 500. The fourth-order valence-corrected chi connectivity index (χ4v) is 1.90. The molecule has 0 aromatic carbocycles. The van der Waals surface area contributed by atoms with Gasteiger partial charge in [-0.05, 0) is 0 Å². The number of hydrogen-bond acceptors (Lipinski definition) is 5. The molecule has 0 saturated heterocycles. The molecule has 0 unspecified atom stereocenters. The van der Waals surface area contributed by atoms with E-state index in [-0.39, 0.29) is 16.8 Å². The minimum atomic E-state index is -0.206. The highest BCUT2D eigenvalue weighted by atomic mass is 35.5. The second kappa shape index (κ2) is 5.20. The first-order valence-corrected chi connectivity index (χ1v) is 6.09. The van der Waals surface area contributed by atoms with Crippen molar-refractivity contribution in [1.82, 2.24) is 19.9 Å². The van der Waals surface area contributed by atoms with E-state index in [4.69, 9.17) is 11.6 Å². The lowest BCUT2D eigenvalue weighted by Gasteiger charge is -2.14. The van der Waals surface area contributed by atoms with Gasteiger partial charge < -0.3 is 4.90 Å². The predicted molar refractivity (Wildman–Crippen MR) is 65.0 cm³/mol. The van der Waals surface area contributed by atoms with Crippen LogP contribution < -0.4 is 0 Å². The first-order chi connectivity index (χ1) is 8.16. The van der Waals surface area contributed by atoms with Gasteiger partial charge in [0.15, 0.2) is 0 Å². The molecule has 5 nitrogen and oxygen atoms in total. The zero-order valence-corrected chi connectivity index (χ0v) is 10.6. The summed E-state index contributed by atoms with van der Waals surface area (Å²) in [6, 6.07) is 0. The SMILES string of the molecule is CN(Cc1cscn1)C(=O)c1cnc(Cl)cn1. The number of rotatable bonds is 3. The molecule has 0 aliphatic heterocycles. The zero-order chi connectivity index (χ0) is 12.3. The zero-order valence-electron chi connectivity index (χ0n) is 9.00. The average Bonchev–Trinajstić information content (AvgIpc) is 2.82. The molecule has 17 heavy (non-hydrogen) atoms. The van der Waals surface area contributed by atoms with E-state index in [9.17, 15) is 4.79 Å². The van der Waals surface area contributed by atoms with Crippen LogP contribution in [0.5, 0.6) is 0 Å². The molecule has 2 aromatic heterocycles. The summed E-state index contributed by atoms with van der Waals surface area (Å²) in [5, 5.41) is 2.17. The molecule has 0 saturated carbocycles. The van der Waals surface area contributed by atoms with Crippen molar-refractivity contribution in [2.24, 2.45) is 0 Å². The third-order valence-electron chi connectivity index (χ3n) is 2.07. The molecular weight excluding hydrogens is 260 g/mol. The molecule has 2 heterocycles. The number of hydrogen-bond donors (Lipinski definition) is 0. The van der Waals surface area contributed by atoms with E-state index in [1.165, 1.54) is 28.6 Å². The quantitative estimate of drug-likeness (QED) is 0.853. The maximum Gasteiger partial charge on any atom is 0.274 e. The standard InChI is InChI=1S/C10H9ClN4OS/c1-15(4-7-5-17-6-14-7)10(16)8-2-13-9(11)3-12-8/h2-3,5-6H,4H2,1H3. The van der Waals surface area contributed by atoms with E-state index in [2.05, 4.69) is 15.0 Å². The Morgan fingerprint density at radius 3 is 2.82 bits per heavy atom. The van der Waals surface area contributed by atoms with Crippen molar-refractivity contribution in [1.29, 1.82) is 0 Å². The highest BCUT2D eigenvalue weighted by Crippen LogP contribution is 2.08. The highest BCUT2D eigenvalue weighted by molar-refractivity contribution is 7.07. The molecule has 0 radical (unpaired) electrons. The number of nitrogens with zero attached hydrogens (tertiary/aromatic N) is 4. The molecule has 7 heteroatoms. The van der Waals surface area contributed by atoms with E-state index in [1.54, 1.807) is 12.6 Å². The van der Waals surface area contributed by atoms with Crippen LogP contribution in [0.15, 0.2) is 23.3 Å². The van der Waals surface area contributed by atoms with Crippen molar-refractivity contribution < 1.29 is 4.79 Å². The van der Waals surface area contributed by atoms with Crippen LogP contribution in [0.2, 0.25) is 5.15 Å². The van der Waals surface area contributed by atoms with Gasteiger partial charge in [-0.2, -0.15) is 0 Å². The first-order valence-electron chi connectivity index (χ1n) is 4.77. The van der Waals surface area contributed by atoms with Crippen molar-refractivity contribution in [3.8, 4) is 0 Å². The highest BCUT2D eigenvalue weighted by Gasteiger charge is 2.14. The molecule has 88 valence electrons. The minimum Gasteiger partial charge on any atom is -0.334 e. The molecule has 2 rings (SSSR count). The summed E-state index contributed by atoms with van der Waals surface area (Å²) in [6.45, 7) is 0.451. The summed E-state index contributed by atoms with van der Waals surface area (Å²) in [5.74, 6) is -0.206. The van der Waals surface area contributed by atoms with Gasteiger partial charge in [0, 0.05) is 12.4 Å². The summed E-state index contributed by atoms with van der Waals surface area (Å²) >= 11 is 7.10. The molecule has 0 spiro atoms. The molecule has 0 bridgehead atoms. The second-order valence-corrected chi connectivity index (χ2v) is 4.47. The summed E-state index contributed by atoms with van der Waals surface area (Å²) in [5.41, 5.74) is 2.86. The fourth-order valence-electron chi connectivity index (χ4n) is 1.25. The van der Waals surface area contributed by atoms with Crippen molar-refractivity contribution in [2.75, 3.05) is 7.05 Å². The lowest BCUT2D eigenvalue weighted by atomic mass is 10.3. The number of carbonyl (C=O) groups is 1. The minimum absolute atomic E-state index is 0.206. The molecule has 1 amide bonds. The molecule has 0 atom stereocenters. The Balaban J connectivity index is 2.07. The van der Waals surface area contributed by atoms with Gasteiger partial charge in [0.2, 0.25) is 0 Å². The number of halogens is 1. The Morgan fingerprint density at radius 1 is 1.41 bits per heavy atom. The van der Waals surface area contributed by atoms with Gasteiger partial charge in [-0.3, -0.25) is 4.79 Å². The van der Waals surface area contributed by atoms with Gasteiger partial charge in [-0.15, -0.1) is 11.3 Å². The van der Waals surface area contributed by atoms with Crippen LogP contribution in [0.1, 0.15) is 16.2 Å². The molecule has 0 fully saturated rings. The summed E-state index contributed by atoms with van der Waals surface area (Å²) in [7, 11) is 1.69. The van der Waals surface area contributed by atoms with Crippen LogP contribution in [0.4, 0.5) is 0 Å². The Labute approximate surface area is 107 Å². The Kier molecular flexibility index (Phi) is 3.65. The Hall–Kier alpha value is -1.53. The summed E-state index contributed by atoms with van der Waals surface area (Å²) in [6.07, 6.45) is 2.72. The summed E-state index contributed by atoms with van der Waals surface area (Å²) in [4.78, 5) is 25.3. The maximum atomic E-state index is 11.9. The molecule has 0 aliphatic rings. The topological polar surface area (TPSA) is 59.0 Å². The van der Waals surface area contributed by atoms with Gasteiger partial charge in [-0.25, -0.2) is 15.0 Å². The predicted octanol–water partition coefficient (Wildman–Crippen LogP) is 1.86. The van der Waals surface area contributed by atoms with Gasteiger partial charge in [0.25, 0.3) is 5.91 Å². The van der Waals surface area contributed by atoms with Crippen LogP contribution in [-0.2, 0) is 6.54 Å². The number of amides is 1. The lowest BCUT2D eigenvalue weighted by molar-refractivity contribution is 0.0777. The van der Waals surface area contributed by atoms with E-state index >= 15 is 0 Å². The average molecular weight is 269 g/mol. The maximum absolute atomic E-state index is 11.9. The summed E-state index contributed by atoms with van der Waals surface area (Å²) < 4.78 is 0. The first kappa shape index (κ1) is 11.9. The molecule has 0 aliphatic carbocycles. The second-order valence-electron chi connectivity index (χ2n) is 3.37. The third kappa shape index (κ3) is 2.98. The molecule has 2 aromatic rings. The number of thiazole rings is 1. The van der Waals surface area contributed by atoms with Crippen LogP contribution >= 0.6 is 22.9 Å². The van der Waals surface area contributed by atoms with E-state index < -0.39 is 0 Å². The van der Waals surface area contributed by atoms with Crippen molar-refractivity contribution >= 4 is 28.8 Å².